The van der Waals surface area contributed by atoms with Crippen molar-refractivity contribution in [2.45, 2.75) is 77.4 Å². The van der Waals surface area contributed by atoms with Gasteiger partial charge in [-0.15, -0.1) is 0 Å². The lowest BCUT2D eigenvalue weighted by Gasteiger charge is -2.62. The molecule has 5 heteroatoms. The predicted molar refractivity (Wildman–Crippen MR) is 104 cm³/mol. The highest BCUT2D eigenvalue weighted by Crippen LogP contribution is 2.68. The summed E-state index contributed by atoms with van der Waals surface area (Å²) in [6.07, 6.45) is 5.87. The molecule has 5 nitrogen and oxygen atoms in total. The van der Waals surface area contributed by atoms with E-state index in [2.05, 4.69) is 13.8 Å². The van der Waals surface area contributed by atoms with Crippen LogP contribution in [0.4, 0.5) is 0 Å². The van der Waals surface area contributed by atoms with E-state index >= 15 is 0 Å². The minimum absolute atomic E-state index is 0.0511. The van der Waals surface area contributed by atoms with Crippen LogP contribution in [0.3, 0.4) is 0 Å². The molecule has 4 aliphatic rings. The molecular formula is C23H34O5. The number of ketones is 2. The summed E-state index contributed by atoms with van der Waals surface area (Å²) in [6.45, 7) is 5.64. The standard InChI is InChI=1S/C23H34O5/c1-4-13-9-15(25)10-14-5-6-16-17-7-8-23(28,19(27)12-24)21(17,2)11-18(26)20(16)22(13,14)3/h10,13,16-18,20,24,26,28H,4-9,11-12H2,1-3H3/t13?,16-,17-,18-,20+,21-,22-,23-/m0/s1. The third-order valence-electron chi connectivity index (χ3n) is 9.47. The van der Waals surface area contributed by atoms with Crippen molar-refractivity contribution >= 4 is 11.6 Å². The number of carbonyl (C=O) groups is 2. The zero-order valence-electron chi connectivity index (χ0n) is 17.3. The van der Waals surface area contributed by atoms with Crippen molar-refractivity contribution in [3.8, 4) is 0 Å². The summed E-state index contributed by atoms with van der Waals surface area (Å²) in [4.78, 5) is 24.7. The first kappa shape index (κ1) is 20.2. The summed E-state index contributed by atoms with van der Waals surface area (Å²) in [6, 6.07) is 0. The topological polar surface area (TPSA) is 94.8 Å². The van der Waals surface area contributed by atoms with E-state index in [-0.39, 0.29) is 34.9 Å². The van der Waals surface area contributed by atoms with Gasteiger partial charge in [-0.05, 0) is 67.3 Å². The lowest BCUT2D eigenvalue weighted by atomic mass is 9.43. The zero-order chi connectivity index (χ0) is 20.5. The maximum atomic E-state index is 12.5. The Morgan fingerprint density at radius 1 is 1.29 bits per heavy atom. The molecule has 0 saturated heterocycles. The molecule has 0 radical (unpaired) electrons. The molecule has 3 saturated carbocycles. The van der Waals surface area contributed by atoms with Crippen molar-refractivity contribution in [3.63, 3.8) is 0 Å². The van der Waals surface area contributed by atoms with Crippen molar-refractivity contribution in [2.24, 2.45) is 34.5 Å². The number of fused-ring (bicyclic) bond motifs is 5. The summed E-state index contributed by atoms with van der Waals surface area (Å²) >= 11 is 0. The van der Waals surface area contributed by atoms with E-state index in [4.69, 9.17) is 0 Å². The number of aliphatic hydroxyl groups excluding tert-OH is 2. The lowest BCUT2D eigenvalue weighted by molar-refractivity contribution is -0.186. The van der Waals surface area contributed by atoms with Gasteiger partial charge < -0.3 is 15.3 Å². The van der Waals surface area contributed by atoms with Crippen molar-refractivity contribution in [2.75, 3.05) is 6.61 Å². The first-order valence-corrected chi connectivity index (χ1v) is 10.9. The summed E-state index contributed by atoms with van der Waals surface area (Å²) in [7, 11) is 0. The molecule has 0 bridgehead atoms. The molecule has 3 fully saturated rings. The minimum Gasteiger partial charge on any atom is -0.393 e. The second-order valence-corrected chi connectivity index (χ2v) is 10.2. The van der Waals surface area contributed by atoms with E-state index < -0.39 is 29.5 Å². The average Bonchev–Trinajstić information content (AvgIpc) is 2.92. The maximum absolute atomic E-state index is 12.5. The molecule has 0 aliphatic heterocycles. The quantitative estimate of drug-likeness (QED) is 0.688. The lowest BCUT2D eigenvalue weighted by Crippen LogP contribution is -2.63. The normalized spacial score (nSPS) is 50.4. The number of allylic oxidation sites excluding steroid dienone is 1. The van der Waals surface area contributed by atoms with Crippen LogP contribution in [-0.4, -0.2) is 45.2 Å². The fourth-order valence-corrected chi connectivity index (χ4v) is 8.04. The fraction of sp³-hybridized carbons (Fsp3) is 0.826. The highest BCUT2D eigenvalue weighted by atomic mass is 16.3. The van der Waals surface area contributed by atoms with Crippen LogP contribution in [0.1, 0.15) is 65.7 Å². The van der Waals surface area contributed by atoms with E-state index in [0.717, 1.165) is 25.7 Å². The first-order chi connectivity index (χ1) is 13.1. The molecule has 156 valence electrons. The number of carbonyl (C=O) groups excluding carboxylic acids is 2. The van der Waals surface area contributed by atoms with Gasteiger partial charge in [-0.2, -0.15) is 0 Å². The molecule has 28 heavy (non-hydrogen) atoms. The maximum Gasteiger partial charge on any atom is 0.190 e. The molecule has 8 atom stereocenters. The Balaban J connectivity index is 1.77. The Hall–Kier alpha value is -1.04. The number of hydrogen-bond acceptors (Lipinski definition) is 5. The predicted octanol–water partition coefficient (Wildman–Crippen LogP) is 2.42. The van der Waals surface area contributed by atoms with E-state index in [9.17, 15) is 24.9 Å². The summed E-state index contributed by atoms with van der Waals surface area (Å²) in [5.41, 5.74) is -1.27. The second kappa shape index (κ2) is 6.48. The minimum atomic E-state index is -1.55. The third-order valence-corrected chi connectivity index (χ3v) is 9.47. The van der Waals surface area contributed by atoms with E-state index in [0.29, 0.717) is 19.3 Å². The van der Waals surface area contributed by atoms with Crippen molar-refractivity contribution in [1.29, 1.82) is 0 Å². The second-order valence-electron chi connectivity index (χ2n) is 10.2. The van der Waals surface area contributed by atoms with Crippen molar-refractivity contribution < 1.29 is 24.9 Å². The molecule has 0 aromatic carbocycles. The van der Waals surface area contributed by atoms with Crippen LogP contribution in [0.2, 0.25) is 0 Å². The van der Waals surface area contributed by atoms with E-state index in [1.54, 1.807) is 0 Å². The smallest absolute Gasteiger partial charge is 0.190 e. The summed E-state index contributed by atoms with van der Waals surface area (Å²) in [5, 5.41) is 32.1. The number of Topliss-reactive ketones (excluding diaryl/α,β-unsaturated/α-hetero) is 1. The Kier molecular flexibility index (Phi) is 4.68. The number of rotatable bonds is 3. The van der Waals surface area contributed by atoms with Crippen LogP contribution in [0, 0.1) is 34.5 Å². The average molecular weight is 391 g/mol. The Morgan fingerprint density at radius 2 is 2.00 bits per heavy atom. The molecule has 0 heterocycles. The molecule has 4 aliphatic carbocycles. The van der Waals surface area contributed by atoms with E-state index in [1.165, 1.54) is 5.57 Å². The van der Waals surface area contributed by atoms with Crippen LogP contribution in [0.25, 0.3) is 0 Å². The van der Waals surface area contributed by atoms with E-state index in [1.807, 2.05) is 13.0 Å². The summed E-state index contributed by atoms with van der Waals surface area (Å²) < 4.78 is 0. The Bertz CT molecular complexity index is 729. The molecular weight excluding hydrogens is 356 g/mol. The van der Waals surface area contributed by atoms with Gasteiger partial charge in [0.25, 0.3) is 0 Å². The number of aliphatic hydroxyl groups is 3. The monoisotopic (exact) mass is 390 g/mol. The molecule has 0 amide bonds. The van der Waals surface area contributed by atoms with Crippen LogP contribution in [0.5, 0.6) is 0 Å². The summed E-state index contributed by atoms with van der Waals surface area (Å²) in [5.74, 6) is 0.340. The van der Waals surface area contributed by atoms with Gasteiger partial charge in [0.2, 0.25) is 0 Å². The van der Waals surface area contributed by atoms with Crippen LogP contribution in [0.15, 0.2) is 11.6 Å². The molecule has 0 spiro atoms. The van der Waals surface area contributed by atoms with Gasteiger partial charge in [0.15, 0.2) is 11.6 Å². The van der Waals surface area contributed by atoms with Gasteiger partial charge >= 0.3 is 0 Å². The van der Waals surface area contributed by atoms with Crippen LogP contribution >= 0.6 is 0 Å². The van der Waals surface area contributed by atoms with Gasteiger partial charge in [-0.3, -0.25) is 9.59 Å². The molecule has 1 unspecified atom stereocenters. The molecule has 4 rings (SSSR count). The largest absolute Gasteiger partial charge is 0.393 e. The highest BCUT2D eigenvalue weighted by Gasteiger charge is 2.68. The molecule has 3 N–H and O–H groups in total. The SMILES string of the molecule is CCC1CC(=O)C=C2CC[C@@H]3[C@H]([C@@H](O)C[C@@]4(C)[C@H]3CC[C@]4(O)C(=O)CO)[C@]21C. The van der Waals surface area contributed by atoms with Gasteiger partial charge in [-0.1, -0.05) is 32.8 Å². The van der Waals surface area contributed by atoms with Crippen molar-refractivity contribution in [1.82, 2.24) is 0 Å². The first-order valence-electron chi connectivity index (χ1n) is 10.9. The molecule has 0 aromatic heterocycles. The van der Waals surface area contributed by atoms with Crippen LogP contribution < -0.4 is 0 Å². The van der Waals surface area contributed by atoms with Gasteiger partial charge in [0.1, 0.15) is 12.2 Å². The molecule has 0 aromatic rings. The van der Waals surface area contributed by atoms with Gasteiger partial charge in [0.05, 0.1) is 6.10 Å². The zero-order valence-corrected chi connectivity index (χ0v) is 17.3. The number of hydrogen-bond donors (Lipinski definition) is 3. The highest BCUT2D eigenvalue weighted by molar-refractivity contribution is 5.92. The Morgan fingerprint density at radius 3 is 2.64 bits per heavy atom. The van der Waals surface area contributed by atoms with Crippen LogP contribution in [-0.2, 0) is 9.59 Å². The third kappa shape index (κ3) is 2.36. The van der Waals surface area contributed by atoms with Gasteiger partial charge in [-0.25, -0.2) is 0 Å². The van der Waals surface area contributed by atoms with Crippen molar-refractivity contribution in [3.05, 3.63) is 11.6 Å². The Labute approximate surface area is 167 Å². The van der Waals surface area contributed by atoms with Gasteiger partial charge in [0, 0.05) is 11.8 Å². The fourth-order valence-electron chi connectivity index (χ4n) is 8.04.